The minimum atomic E-state index is 0. The highest BCUT2D eigenvalue weighted by Gasteiger charge is 2.05. The fourth-order valence-electron chi connectivity index (χ4n) is 1.41. The number of nitrogens with one attached hydrogen (secondary N) is 2. The van der Waals surface area contributed by atoms with Crippen LogP contribution in [0.3, 0.4) is 0 Å². The molecular formula is C10H21ClN2O3. The summed E-state index contributed by atoms with van der Waals surface area (Å²) in [4.78, 5) is 20.8. The molecule has 0 atom stereocenters. The highest BCUT2D eigenvalue weighted by Crippen LogP contribution is 1.92. The van der Waals surface area contributed by atoms with E-state index in [1.54, 1.807) is 0 Å². The van der Waals surface area contributed by atoms with Crippen LogP contribution in [-0.4, -0.2) is 43.2 Å². The third-order valence-electron chi connectivity index (χ3n) is 2.32. The summed E-state index contributed by atoms with van der Waals surface area (Å²) in [5.74, 6) is 0.803. The quantitative estimate of drug-likeness (QED) is 0.607. The summed E-state index contributed by atoms with van der Waals surface area (Å²) in [6.07, 6.45) is 2.94. The minimum absolute atomic E-state index is 0. The van der Waals surface area contributed by atoms with Gasteiger partial charge in [-0.1, -0.05) is 0 Å². The van der Waals surface area contributed by atoms with Gasteiger partial charge < -0.3 is 16.1 Å². The van der Waals surface area contributed by atoms with E-state index in [1.807, 2.05) is 0 Å². The summed E-state index contributed by atoms with van der Waals surface area (Å²) >= 11 is 0. The molecule has 2 heterocycles. The third-order valence-corrected chi connectivity index (χ3v) is 2.32. The first-order valence-electron chi connectivity index (χ1n) is 5.24. The zero-order chi connectivity index (χ0) is 10.2. The molecule has 2 aliphatic rings. The molecule has 0 radical (unpaired) electrons. The van der Waals surface area contributed by atoms with E-state index >= 15 is 0 Å². The molecule has 0 aromatic heterocycles. The van der Waals surface area contributed by atoms with Gasteiger partial charge >= 0.3 is 0 Å². The summed E-state index contributed by atoms with van der Waals surface area (Å²) in [5.41, 5.74) is 0. The Kier molecular flexibility index (Phi) is 12.3. The second kappa shape index (κ2) is 11.0. The molecule has 6 heteroatoms. The molecule has 0 amide bonds. The Balaban J connectivity index is 0. The summed E-state index contributed by atoms with van der Waals surface area (Å²) < 4.78 is 0. The third kappa shape index (κ3) is 8.79. The number of halogens is 1. The van der Waals surface area contributed by atoms with Crippen LogP contribution in [0.2, 0.25) is 0 Å². The maximum atomic E-state index is 10.4. The van der Waals surface area contributed by atoms with Crippen LogP contribution in [0, 0.1) is 0 Å². The Morgan fingerprint density at radius 3 is 1.06 bits per heavy atom. The second-order valence-electron chi connectivity index (χ2n) is 3.58. The Labute approximate surface area is 102 Å². The maximum absolute atomic E-state index is 10.4. The molecule has 2 aliphatic heterocycles. The number of Topliss-reactive ketones (excluding diaryl/α,β-unsaturated/α-hetero) is 2. The highest BCUT2D eigenvalue weighted by atomic mass is 35.5. The van der Waals surface area contributed by atoms with E-state index in [9.17, 15) is 9.59 Å². The molecule has 0 bridgehead atoms. The smallest absolute Gasteiger partial charge is 0.135 e. The van der Waals surface area contributed by atoms with Crippen molar-refractivity contribution in [1.82, 2.24) is 10.6 Å². The molecule has 0 aromatic carbocycles. The van der Waals surface area contributed by atoms with Crippen molar-refractivity contribution in [2.75, 3.05) is 26.2 Å². The molecule has 2 fully saturated rings. The van der Waals surface area contributed by atoms with Gasteiger partial charge in [-0.05, 0) is 0 Å². The largest absolute Gasteiger partial charge is 0.412 e. The van der Waals surface area contributed by atoms with Crippen LogP contribution in [0.15, 0.2) is 0 Å². The van der Waals surface area contributed by atoms with Crippen molar-refractivity contribution in [3.8, 4) is 0 Å². The van der Waals surface area contributed by atoms with Crippen molar-refractivity contribution in [2.45, 2.75) is 25.7 Å². The van der Waals surface area contributed by atoms with Crippen molar-refractivity contribution >= 4 is 24.0 Å². The molecule has 0 aromatic rings. The number of rotatable bonds is 0. The minimum Gasteiger partial charge on any atom is -0.412 e. The van der Waals surface area contributed by atoms with Crippen molar-refractivity contribution in [1.29, 1.82) is 0 Å². The topological polar surface area (TPSA) is 89.7 Å². The Bertz CT molecular complexity index is 174. The van der Waals surface area contributed by atoms with Crippen LogP contribution in [0.1, 0.15) is 25.7 Å². The Morgan fingerprint density at radius 1 is 0.688 bits per heavy atom. The predicted molar refractivity (Wildman–Crippen MR) is 65.1 cm³/mol. The molecule has 16 heavy (non-hydrogen) atoms. The zero-order valence-electron chi connectivity index (χ0n) is 9.38. The molecular weight excluding hydrogens is 232 g/mol. The monoisotopic (exact) mass is 252 g/mol. The normalized spacial score (nSPS) is 19.8. The van der Waals surface area contributed by atoms with E-state index in [0.29, 0.717) is 11.6 Å². The van der Waals surface area contributed by atoms with Crippen molar-refractivity contribution in [3.05, 3.63) is 0 Å². The van der Waals surface area contributed by atoms with Crippen molar-refractivity contribution in [2.24, 2.45) is 0 Å². The van der Waals surface area contributed by atoms with Crippen LogP contribution in [0.25, 0.3) is 0 Å². The molecule has 0 unspecified atom stereocenters. The van der Waals surface area contributed by atoms with Gasteiger partial charge in [0.05, 0.1) is 0 Å². The lowest BCUT2D eigenvalue weighted by Crippen LogP contribution is -2.27. The van der Waals surface area contributed by atoms with E-state index in [2.05, 4.69) is 10.6 Å². The SMILES string of the molecule is Cl.O.O=C1CCNCC1.O=C1CCNCC1. The fourth-order valence-corrected chi connectivity index (χ4v) is 1.41. The van der Waals surface area contributed by atoms with Gasteiger partial charge in [-0.15, -0.1) is 12.4 Å². The first-order valence-corrected chi connectivity index (χ1v) is 5.24. The molecule has 2 rings (SSSR count). The molecule has 96 valence electrons. The molecule has 0 saturated carbocycles. The number of carbonyl (C=O) groups excluding carboxylic acids is 2. The summed E-state index contributed by atoms with van der Waals surface area (Å²) in [6, 6.07) is 0. The molecule has 4 N–H and O–H groups in total. The highest BCUT2D eigenvalue weighted by molar-refractivity contribution is 5.85. The van der Waals surface area contributed by atoms with Gasteiger partial charge in [0.25, 0.3) is 0 Å². The van der Waals surface area contributed by atoms with Crippen LogP contribution in [0.5, 0.6) is 0 Å². The standard InChI is InChI=1S/2C5H9NO.ClH.H2O/c2*7-5-1-3-6-4-2-5;;/h2*6H,1-4H2;1H;1H2. The summed E-state index contributed by atoms with van der Waals surface area (Å²) in [5, 5.41) is 6.19. The first kappa shape index (κ1) is 17.9. The maximum Gasteiger partial charge on any atom is 0.135 e. The van der Waals surface area contributed by atoms with E-state index in [0.717, 1.165) is 51.9 Å². The van der Waals surface area contributed by atoms with Crippen LogP contribution < -0.4 is 10.6 Å². The lowest BCUT2D eigenvalue weighted by Gasteiger charge is -2.08. The van der Waals surface area contributed by atoms with Gasteiger partial charge in [0.2, 0.25) is 0 Å². The van der Waals surface area contributed by atoms with Crippen LogP contribution >= 0.6 is 12.4 Å². The lowest BCUT2D eigenvalue weighted by atomic mass is 10.1. The summed E-state index contributed by atoms with van der Waals surface area (Å²) in [7, 11) is 0. The van der Waals surface area contributed by atoms with Gasteiger partial charge in [0.15, 0.2) is 0 Å². The number of piperidine rings is 2. The number of ketones is 2. The van der Waals surface area contributed by atoms with Crippen LogP contribution in [0.4, 0.5) is 0 Å². The van der Waals surface area contributed by atoms with Gasteiger partial charge in [0.1, 0.15) is 11.6 Å². The second-order valence-corrected chi connectivity index (χ2v) is 3.58. The van der Waals surface area contributed by atoms with E-state index in [1.165, 1.54) is 0 Å². The van der Waals surface area contributed by atoms with Crippen LogP contribution in [-0.2, 0) is 9.59 Å². The van der Waals surface area contributed by atoms with Crippen molar-refractivity contribution < 1.29 is 15.1 Å². The van der Waals surface area contributed by atoms with Gasteiger partial charge in [-0.2, -0.15) is 0 Å². The fraction of sp³-hybridized carbons (Fsp3) is 0.800. The Morgan fingerprint density at radius 2 is 0.938 bits per heavy atom. The predicted octanol–water partition coefficient (Wildman–Crippen LogP) is -0.525. The molecule has 0 aliphatic carbocycles. The Hall–Kier alpha value is -0.490. The number of hydrogen-bond acceptors (Lipinski definition) is 4. The van der Waals surface area contributed by atoms with E-state index < -0.39 is 0 Å². The average molecular weight is 253 g/mol. The number of carbonyl (C=O) groups is 2. The first-order chi connectivity index (χ1) is 6.79. The van der Waals surface area contributed by atoms with E-state index in [4.69, 9.17) is 0 Å². The molecule has 0 spiro atoms. The van der Waals surface area contributed by atoms with Gasteiger partial charge in [-0.3, -0.25) is 9.59 Å². The average Bonchev–Trinajstić information content (AvgIpc) is 2.21. The van der Waals surface area contributed by atoms with Gasteiger partial charge in [-0.25, -0.2) is 0 Å². The van der Waals surface area contributed by atoms with E-state index in [-0.39, 0.29) is 17.9 Å². The number of hydrogen-bond donors (Lipinski definition) is 2. The molecule has 2 saturated heterocycles. The summed E-state index contributed by atoms with van der Waals surface area (Å²) in [6.45, 7) is 3.55. The molecule has 5 nitrogen and oxygen atoms in total. The zero-order valence-corrected chi connectivity index (χ0v) is 10.2. The van der Waals surface area contributed by atoms with Crippen molar-refractivity contribution in [3.63, 3.8) is 0 Å². The van der Waals surface area contributed by atoms with Gasteiger partial charge in [0, 0.05) is 51.9 Å². The lowest BCUT2D eigenvalue weighted by molar-refractivity contribution is -0.120.